The summed E-state index contributed by atoms with van der Waals surface area (Å²) in [6.07, 6.45) is 0.669. The highest BCUT2D eigenvalue weighted by atomic mass is 35.5. The van der Waals surface area contributed by atoms with Gasteiger partial charge in [0.2, 0.25) is 0 Å². The highest BCUT2D eigenvalue weighted by Gasteiger charge is 2.11. The second-order valence-electron chi connectivity index (χ2n) is 3.80. The molecule has 1 aromatic rings. The zero-order chi connectivity index (χ0) is 12.9. The Morgan fingerprint density at radius 1 is 1.29 bits per heavy atom. The van der Waals surface area contributed by atoms with Crippen LogP contribution in [0.25, 0.3) is 0 Å². The third-order valence-corrected chi connectivity index (χ3v) is 4.50. The van der Waals surface area contributed by atoms with Crippen molar-refractivity contribution < 1.29 is 13.2 Å². The number of hydrogen-bond acceptors (Lipinski definition) is 3. The summed E-state index contributed by atoms with van der Waals surface area (Å²) in [5.74, 6) is 0.119. The van der Waals surface area contributed by atoms with Gasteiger partial charge in [-0.1, -0.05) is 19.1 Å². The fraction of sp³-hybridized carbons (Fsp3) is 0.500. The summed E-state index contributed by atoms with van der Waals surface area (Å²) in [5, 5.41) is -0.0892. The third kappa shape index (κ3) is 4.30. The van der Waals surface area contributed by atoms with Gasteiger partial charge in [0.25, 0.3) is 0 Å². The Kier molecular flexibility index (Phi) is 5.43. The molecule has 0 aliphatic heterocycles. The zero-order valence-electron chi connectivity index (χ0n) is 10.0. The van der Waals surface area contributed by atoms with Crippen molar-refractivity contribution in [3.8, 4) is 0 Å². The van der Waals surface area contributed by atoms with E-state index in [0.717, 1.165) is 5.56 Å². The van der Waals surface area contributed by atoms with Crippen LogP contribution in [-0.2, 0) is 21.0 Å². The molecule has 17 heavy (non-hydrogen) atoms. The molecule has 0 saturated heterocycles. The summed E-state index contributed by atoms with van der Waals surface area (Å²) in [7, 11) is -1.51. The van der Waals surface area contributed by atoms with Crippen LogP contribution in [0, 0.1) is 0 Å². The monoisotopic (exact) mass is 276 g/mol. The van der Waals surface area contributed by atoms with Gasteiger partial charge >= 0.3 is 0 Å². The van der Waals surface area contributed by atoms with E-state index in [2.05, 4.69) is 0 Å². The number of methoxy groups -OCH3 is 1. The largest absolute Gasteiger partial charge is 0.383 e. The van der Waals surface area contributed by atoms with E-state index in [0.29, 0.717) is 17.9 Å². The molecule has 0 fully saturated rings. The van der Waals surface area contributed by atoms with Crippen LogP contribution in [0.5, 0.6) is 0 Å². The van der Waals surface area contributed by atoms with Crippen molar-refractivity contribution in [3.63, 3.8) is 0 Å². The number of alkyl halides is 1. The SMILES string of the molecule is CCS(=O)(=O)c1ccc(CC(Cl)COC)cc1. The fourth-order valence-electron chi connectivity index (χ4n) is 1.50. The van der Waals surface area contributed by atoms with Gasteiger partial charge < -0.3 is 4.74 Å². The quantitative estimate of drug-likeness (QED) is 0.749. The fourth-order valence-corrected chi connectivity index (χ4v) is 2.68. The van der Waals surface area contributed by atoms with Crippen LogP contribution in [0.1, 0.15) is 12.5 Å². The van der Waals surface area contributed by atoms with Gasteiger partial charge in [0.05, 0.1) is 22.6 Å². The van der Waals surface area contributed by atoms with Gasteiger partial charge in [-0.15, -0.1) is 11.6 Å². The number of hydrogen-bond donors (Lipinski definition) is 0. The number of sulfone groups is 1. The summed E-state index contributed by atoms with van der Waals surface area (Å²) in [4.78, 5) is 0.363. The molecule has 0 radical (unpaired) electrons. The molecule has 1 unspecified atom stereocenters. The maximum Gasteiger partial charge on any atom is 0.178 e. The smallest absolute Gasteiger partial charge is 0.178 e. The number of halogens is 1. The molecule has 0 spiro atoms. The second-order valence-corrected chi connectivity index (χ2v) is 6.70. The van der Waals surface area contributed by atoms with E-state index in [-0.39, 0.29) is 11.1 Å². The van der Waals surface area contributed by atoms with Crippen LogP contribution in [0.3, 0.4) is 0 Å². The maximum atomic E-state index is 11.6. The van der Waals surface area contributed by atoms with E-state index < -0.39 is 9.84 Å². The molecule has 3 nitrogen and oxygen atoms in total. The molecule has 0 N–H and O–H groups in total. The molecule has 1 atom stereocenters. The van der Waals surface area contributed by atoms with Crippen molar-refractivity contribution in [1.82, 2.24) is 0 Å². The average Bonchev–Trinajstić information content (AvgIpc) is 2.30. The topological polar surface area (TPSA) is 43.4 Å². The van der Waals surface area contributed by atoms with Gasteiger partial charge in [-0.05, 0) is 24.1 Å². The molecular formula is C12H17ClO3S. The van der Waals surface area contributed by atoms with Crippen molar-refractivity contribution in [1.29, 1.82) is 0 Å². The van der Waals surface area contributed by atoms with E-state index >= 15 is 0 Å². The van der Waals surface area contributed by atoms with Gasteiger partial charge in [0, 0.05) is 7.11 Å². The molecular weight excluding hydrogens is 260 g/mol. The van der Waals surface area contributed by atoms with E-state index in [9.17, 15) is 8.42 Å². The summed E-state index contributed by atoms with van der Waals surface area (Å²) in [6, 6.07) is 6.86. The Morgan fingerprint density at radius 3 is 2.35 bits per heavy atom. The van der Waals surface area contributed by atoms with Crippen LogP contribution in [0.2, 0.25) is 0 Å². The molecule has 5 heteroatoms. The van der Waals surface area contributed by atoms with Crippen LogP contribution < -0.4 is 0 Å². The number of ether oxygens (including phenoxy) is 1. The van der Waals surface area contributed by atoms with Crippen LogP contribution >= 0.6 is 11.6 Å². The minimum atomic E-state index is -3.11. The first-order valence-electron chi connectivity index (χ1n) is 5.44. The minimum Gasteiger partial charge on any atom is -0.383 e. The summed E-state index contributed by atoms with van der Waals surface area (Å²) in [6.45, 7) is 2.12. The Hall–Kier alpha value is -0.580. The Morgan fingerprint density at radius 2 is 1.88 bits per heavy atom. The van der Waals surface area contributed by atoms with E-state index in [4.69, 9.17) is 16.3 Å². The highest BCUT2D eigenvalue weighted by molar-refractivity contribution is 7.91. The Bertz CT molecular complexity index is 439. The summed E-state index contributed by atoms with van der Waals surface area (Å²) < 4.78 is 28.1. The summed E-state index contributed by atoms with van der Waals surface area (Å²) >= 11 is 6.03. The highest BCUT2D eigenvalue weighted by Crippen LogP contribution is 2.14. The molecule has 96 valence electrons. The lowest BCUT2D eigenvalue weighted by molar-refractivity contribution is 0.197. The number of rotatable bonds is 6. The van der Waals surface area contributed by atoms with Gasteiger partial charge in [-0.3, -0.25) is 0 Å². The Labute approximate surface area is 108 Å². The predicted octanol–water partition coefficient (Wildman–Crippen LogP) is 2.28. The molecule has 0 aliphatic rings. The molecule has 1 rings (SSSR count). The molecule has 0 saturated carbocycles. The van der Waals surface area contributed by atoms with Crippen LogP contribution in [-0.4, -0.2) is 33.3 Å². The third-order valence-electron chi connectivity index (χ3n) is 2.47. The number of benzene rings is 1. The molecule has 0 bridgehead atoms. The Balaban J connectivity index is 2.75. The van der Waals surface area contributed by atoms with Crippen LogP contribution in [0.15, 0.2) is 29.2 Å². The lowest BCUT2D eigenvalue weighted by Gasteiger charge is -2.08. The maximum absolute atomic E-state index is 11.6. The molecule has 0 heterocycles. The molecule has 0 aliphatic carbocycles. The van der Waals surface area contributed by atoms with Gasteiger partial charge in [-0.25, -0.2) is 8.42 Å². The second kappa shape index (κ2) is 6.38. The van der Waals surface area contributed by atoms with Gasteiger partial charge in [0.15, 0.2) is 9.84 Å². The van der Waals surface area contributed by atoms with E-state index in [1.807, 2.05) is 0 Å². The van der Waals surface area contributed by atoms with Gasteiger partial charge in [-0.2, -0.15) is 0 Å². The lowest BCUT2D eigenvalue weighted by Crippen LogP contribution is -2.10. The summed E-state index contributed by atoms with van der Waals surface area (Å²) in [5.41, 5.74) is 1.01. The predicted molar refractivity (Wildman–Crippen MR) is 69.4 cm³/mol. The first-order valence-corrected chi connectivity index (χ1v) is 7.53. The normalized spacial score (nSPS) is 13.6. The first-order chi connectivity index (χ1) is 7.99. The van der Waals surface area contributed by atoms with E-state index in [1.54, 1.807) is 38.3 Å². The lowest BCUT2D eigenvalue weighted by atomic mass is 10.1. The average molecular weight is 277 g/mol. The minimum absolute atomic E-state index is 0.0892. The van der Waals surface area contributed by atoms with Crippen molar-refractivity contribution in [3.05, 3.63) is 29.8 Å². The standard InChI is InChI=1S/C12H17ClO3S/c1-3-17(14,15)12-6-4-10(5-7-12)8-11(13)9-16-2/h4-7,11H,3,8-9H2,1-2H3. The van der Waals surface area contributed by atoms with Crippen molar-refractivity contribution in [2.45, 2.75) is 23.6 Å². The molecule has 0 aromatic heterocycles. The van der Waals surface area contributed by atoms with Crippen molar-refractivity contribution in [2.75, 3.05) is 19.5 Å². The first kappa shape index (κ1) is 14.5. The zero-order valence-corrected chi connectivity index (χ0v) is 11.6. The molecule has 0 amide bonds. The van der Waals surface area contributed by atoms with E-state index in [1.165, 1.54) is 0 Å². The van der Waals surface area contributed by atoms with Crippen molar-refractivity contribution in [2.24, 2.45) is 0 Å². The van der Waals surface area contributed by atoms with Crippen molar-refractivity contribution >= 4 is 21.4 Å². The van der Waals surface area contributed by atoms with Crippen LogP contribution in [0.4, 0.5) is 0 Å². The molecule has 1 aromatic carbocycles. The van der Waals surface area contributed by atoms with Gasteiger partial charge in [0.1, 0.15) is 0 Å².